The summed E-state index contributed by atoms with van der Waals surface area (Å²) in [5.41, 5.74) is 5.01. The molecule has 3 amide bonds. The number of amides is 3. The van der Waals surface area contributed by atoms with Crippen molar-refractivity contribution < 1.29 is 38.4 Å². The van der Waals surface area contributed by atoms with E-state index < -0.39 is 47.8 Å². The molecule has 2 heterocycles. The summed E-state index contributed by atoms with van der Waals surface area (Å²) in [6.45, 7) is 8.49. The molecule has 0 saturated carbocycles. The molecule has 2 aromatic carbocycles. The Kier molecular flexibility index (Phi) is 11.8. The molecule has 4 N–H and O–H groups in total. The second-order valence-electron chi connectivity index (χ2n) is 12.8. The molecule has 0 bridgehead atoms. The lowest BCUT2D eigenvalue weighted by molar-refractivity contribution is -0.127. The van der Waals surface area contributed by atoms with Gasteiger partial charge < -0.3 is 34.7 Å². The molecular formula is C33H46N4O8. The Bertz CT molecular complexity index is 1270. The highest BCUT2D eigenvalue weighted by Crippen LogP contribution is 2.33. The number of alkyl carbamates (subject to hydrolysis) is 1. The molecule has 12 nitrogen and oxygen atoms in total. The summed E-state index contributed by atoms with van der Waals surface area (Å²) >= 11 is 0. The number of methoxy groups -OCH3 is 1. The summed E-state index contributed by atoms with van der Waals surface area (Å²) in [4.78, 5) is 38.8. The van der Waals surface area contributed by atoms with Gasteiger partial charge in [0.05, 0.1) is 38.4 Å². The molecule has 0 aliphatic carbocycles. The summed E-state index contributed by atoms with van der Waals surface area (Å²) in [6.07, 6.45) is -2.30. The molecule has 12 heteroatoms. The van der Waals surface area contributed by atoms with Crippen LogP contribution in [0.4, 0.5) is 9.59 Å². The molecule has 0 aromatic heterocycles. The van der Waals surface area contributed by atoms with E-state index in [9.17, 15) is 19.5 Å². The maximum Gasteiger partial charge on any atom is 0.422 e. The standard InChI is InChI=1S/C33H46N4O8/c1-21-11-13-22(14-12-21)17-25(34-29(39)28(33(2,3)4)35-31(40)42-5)26(38)19-37(18-23-9-7-6-8-10-23)36-32(41)45-27-20-44-30-24(27)15-16-43-30/h6-14,24-28,30,38H,15-20H2,1-5H3,(H,34,39)(H,35,40)(H,36,41). The van der Waals surface area contributed by atoms with E-state index in [4.69, 9.17) is 18.9 Å². The number of rotatable bonds is 12. The summed E-state index contributed by atoms with van der Waals surface area (Å²) < 4.78 is 21.6. The molecule has 0 radical (unpaired) electrons. The maximum atomic E-state index is 13.6. The van der Waals surface area contributed by atoms with Crippen LogP contribution >= 0.6 is 0 Å². The average molecular weight is 627 g/mol. The van der Waals surface area contributed by atoms with Crippen molar-refractivity contribution in [2.45, 2.75) is 77.7 Å². The van der Waals surface area contributed by atoms with Crippen LogP contribution < -0.4 is 16.1 Å². The number of aliphatic hydroxyl groups excluding tert-OH is 1. The van der Waals surface area contributed by atoms with Crippen molar-refractivity contribution in [3.63, 3.8) is 0 Å². The zero-order valence-corrected chi connectivity index (χ0v) is 26.7. The van der Waals surface area contributed by atoms with Crippen molar-refractivity contribution in [1.82, 2.24) is 21.1 Å². The number of carbonyl (C=O) groups is 3. The molecule has 246 valence electrons. The minimum absolute atomic E-state index is 0.0209. The van der Waals surface area contributed by atoms with E-state index in [1.807, 2.05) is 82.3 Å². The van der Waals surface area contributed by atoms with Gasteiger partial charge in [-0.05, 0) is 36.3 Å². The lowest BCUT2D eigenvalue weighted by atomic mass is 9.85. The molecular weight excluding hydrogens is 580 g/mol. The van der Waals surface area contributed by atoms with Gasteiger partial charge in [-0.2, -0.15) is 0 Å². The summed E-state index contributed by atoms with van der Waals surface area (Å²) in [5, 5.41) is 18.8. The topological polar surface area (TPSA) is 148 Å². The number of fused-ring (bicyclic) bond motifs is 1. The van der Waals surface area contributed by atoms with Crippen LogP contribution in [-0.4, -0.2) is 85.7 Å². The van der Waals surface area contributed by atoms with Crippen LogP contribution in [0.15, 0.2) is 54.6 Å². The first-order chi connectivity index (χ1) is 21.4. The van der Waals surface area contributed by atoms with Crippen LogP contribution in [0, 0.1) is 18.3 Å². The number of nitrogens with one attached hydrogen (secondary N) is 3. The highest BCUT2D eigenvalue weighted by Gasteiger charge is 2.44. The van der Waals surface area contributed by atoms with Crippen LogP contribution in [0.25, 0.3) is 0 Å². The van der Waals surface area contributed by atoms with Crippen LogP contribution in [0.3, 0.4) is 0 Å². The zero-order chi connectivity index (χ0) is 32.6. The number of aryl methyl sites for hydroxylation is 1. The largest absolute Gasteiger partial charge is 0.453 e. The number of aliphatic hydroxyl groups is 1. The number of hydrogen-bond acceptors (Lipinski definition) is 9. The zero-order valence-electron chi connectivity index (χ0n) is 26.7. The van der Waals surface area contributed by atoms with Crippen LogP contribution in [0.1, 0.15) is 43.9 Å². The van der Waals surface area contributed by atoms with Crippen molar-refractivity contribution in [2.24, 2.45) is 11.3 Å². The molecule has 2 aliphatic rings. The van der Waals surface area contributed by atoms with Gasteiger partial charge in [0.15, 0.2) is 6.29 Å². The van der Waals surface area contributed by atoms with Crippen molar-refractivity contribution in [1.29, 1.82) is 0 Å². The average Bonchev–Trinajstić information content (AvgIpc) is 3.61. The normalized spacial score (nSPS) is 21.4. The van der Waals surface area contributed by atoms with Crippen molar-refractivity contribution >= 4 is 18.1 Å². The fraction of sp³-hybridized carbons (Fsp3) is 0.545. The Morgan fingerprint density at radius 2 is 1.71 bits per heavy atom. The second-order valence-corrected chi connectivity index (χ2v) is 12.8. The Balaban J connectivity index is 1.52. The summed E-state index contributed by atoms with van der Waals surface area (Å²) in [7, 11) is 1.23. The quantitative estimate of drug-likeness (QED) is 0.261. The van der Waals surface area contributed by atoms with Gasteiger partial charge in [0, 0.05) is 13.1 Å². The van der Waals surface area contributed by atoms with Gasteiger partial charge >= 0.3 is 12.2 Å². The first-order valence-electron chi connectivity index (χ1n) is 15.3. The monoisotopic (exact) mass is 626 g/mol. The molecule has 45 heavy (non-hydrogen) atoms. The number of hydrogen-bond donors (Lipinski definition) is 4. The highest BCUT2D eigenvalue weighted by atomic mass is 16.7. The van der Waals surface area contributed by atoms with Crippen LogP contribution in [-0.2, 0) is 36.7 Å². The third-order valence-electron chi connectivity index (χ3n) is 8.06. The number of hydrazine groups is 1. The molecule has 2 aromatic rings. The third-order valence-corrected chi connectivity index (χ3v) is 8.06. The second kappa shape index (κ2) is 15.5. The van der Waals surface area contributed by atoms with Crippen molar-refractivity contribution in [2.75, 3.05) is 26.9 Å². The Morgan fingerprint density at radius 1 is 1.00 bits per heavy atom. The smallest absolute Gasteiger partial charge is 0.422 e. The minimum Gasteiger partial charge on any atom is -0.453 e. The predicted octanol–water partition coefficient (Wildman–Crippen LogP) is 3.06. The summed E-state index contributed by atoms with van der Waals surface area (Å²) in [5.74, 6) is -0.493. The number of benzene rings is 2. The Morgan fingerprint density at radius 3 is 2.38 bits per heavy atom. The summed E-state index contributed by atoms with van der Waals surface area (Å²) in [6, 6.07) is 15.6. The fourth-order valence-corrected chi connectivity index (χ4v) is 5.53. The Hall–Kier alpha value is -3.71. The maximum absolute atomic E-state index is 13.6. The van der Waals surface area contributed by atoms with Gasteiger partial charge in [-0.15, -0.1) is 0 Å². The lowest BCUT2D eigenvalue weighted by Gasteiger charge is -2.34. The first kappa shape index (κ1) is 34.2. The van der Waals surface area contributed by atoms with E-state index in [0.717, 1.165) is 23.1 Å². The SMILES string of the molecule is COC(=O)NC(C(=O)NC(Cc1ccc(C)cc1)C(O)CN(Cc1ccccc1)NC(=O)OC1COC2OCCC12)C(C)(C)C. The van der Waals surface area contributed by atoms with Gasteiger partial charge in [0.2, 0.25) is 5.91 Å². The van der Waals surface area contributed by atoms with E-state index in [-0.39, 0.29) is 31.9 Å². The predicted molar refractivity (Wildman–Crippen MR) is 166 cm³/mol. The first-order valence-corrected chi connectivity index (χ1v) is 15.3. The van der Waals surface area contributed by atoms with Gasteiger partial charge in [-0.25, -0.2) is 14.6 Å². The van der Waals surface area contributed by atoms with Crippen LogP contribution in [0.5, 0.6) is 0 Å². The molecule has 6 atom stereocenters. The van der Waals surface area contributed by atoms with Gasteiger partial charge in [0.25, 0.3) is 0 Å². The van der Waals surface area contributed by atoms with E-state index in [0.29, 0.717) is 13.0 Å². The minimum atomic E-state index is -1.14. The third kappa shape index (κ3) is 9.89. The number of ether oxygens (including phenoxy) is 4. The molecule has 6 unspecified atom stereocenters. The van der Waals surface area contributed by atoms with E-state index in [1.54, 1.807) is 5.01 Å². The number of carbonyl (C=O) groups excluding carboxylic acids is 3. The molecule has 2 fully saturated rings. The van der Waals surface area contributed by atoms with Gasteiger partial charge in [-0.3, -0.25) is 10.2 Å². The van der Waals surface area contributed by atoms with Crippen molar-refractivity contribution in [3.8, 4) is 0 Å². The van der Waals surface area contributed by atoms with Gasteiger partial charge in [-0.1, -0.05) is 80.9 Å². The fourth-order valence-electron chi connectivity index (χ4n) is 5.53. The Labute approximate surface area is 264 Å². The van der Waals surface area contributed by atoms with Gasteiger partial charge in [0.1, 0.15) is 12.1 Å². The van der Waals surface area contributed by atoms with Crippen molar-refractivity contribution in [3.05, 3.63) is 71.3 Å². The van der Waals surface area contributed by atoms with E-state index in [1.165, 1.54) is 7.11 Å². The van der Waals surface area contributed by atoms with E-state index in [2.05, 4.69) is 16.1 Å². The van der Waals surface area contributed by atoms with E-state index >= 15 is 0 Å². The van der Waals surface area contributed by atoms with Crippen LogP contribution in [0.2, 0.25) is 0 Å². The molecule has 0 spiro atoms. The molecule has 2 saturated heterocycles. The molecule has 4 rings (SSSR count). The lowest BCUT2D eigenvalue weighted by Crippen LogP contribution is -2.59. The number of nitrogens with zero attached hydrogens (tertiary/aromatic N) is 1. The molecule has 2 aliphatic heterocycles. The highest BCUT2D eigenvalue weighted by molar-refractivity contribution is 5.86.